The van der Waals surface area contributed by atoms with Crippen LogP contribution in [0.4, 0.5) is 0 Å². The van der Waals surface area contributed by atoms with Gasteiger partial charge in [-0.25, -0.2) is 4.79 Å². The number of hydrogen-bond acceptors (Lipinski definition) is 14. The predicted octanol–water partition coefficient (Wildman–Crippen LogP) is 0.120. The van der Waals surface area contributed by atoms with Crippen LogP contribution in [0.1, 0.15) is 46.0 Å². The van der Waals surface area contributed by atoms with Crippen LogP contribution in [0.2, 0.25) is 0 Å². The fourth-order valence-corrected chi connectivity index (χ4v) is 6.34. The predicted molar refractivity (Wildman–Crippen MR) is 164 cm³/mol. The molecule has 4 saturated heterocycles. The van der Waals surface area contributed by atoms with Crippen molar-refractivity contribution >= 4 is 5.97 Å². The van der Waals surface area contributed by atoms with Crippen molar-refractivity contribution in [2.75, 3.05) is 6.79 Å². The van der Waals surface area contributed by atoms with E-state index in [2.05, 4.69) is 0 Å². The van der Waals surface area contributed by atoms with Gasteiger partial charge < -0.3 is 58.7 Å². The van der Waals surface area contributed by atoms with Crippen LogP contribution in [-0.4, -0.2) is 123 Å². The quantitative estimate of drug-likeness (QED) is 0.134. The number of allylic oxidation sites excluding steroid dienone is 6. The molecule has 0 aliphatic carbocycles. The van der Waals surface area contributed by atoms with Crippen molar-refractivity contribution in [3.63, 3.8) is 0 Å². The van der Waals surface area contributed by atoms with E-state index >= 15 is 0 Å². The second-order valence-electron chi connectivity index (χ2n) is 12.7. The highest BCUT2D eigenvalue weighted by Crippen LogP contribution is 2.45. The molecule has 0 aromatic rings. The van der Waals surface area contributed by atoms with Gasteiger partial charge in [-0.15, -0.1) is 0 Å². The van der Waals surface area contributed by atoms with Crippen molar-refractivity contribution in [2.24, 2.45) is 5.73 Å². The maximum atomic E-state index is 12.2. The highest BCUT2D eigenvalue weighted by Gasteiger charge is 2.67. The van der Waals surface area contributed by atoms with E-state index in [0.29, 0.717) is 6.42 Å². The Kier molecular flexibility index (Phi) is 11.9. The molecule has 14 nitrogen and oxygen atoms in total. The van der Waals surface area contributed by atoms with E-state index in [1.54, 1.807) is 50.3 Å². The lowest BCUT2D eigenvalue weighted by molar-refractivity contribution is -0.325. The first-order valence-electron chi connectivity index (χ1n) is 16.1. The molecule has 7 N–H and O–H groups in total. The molecule has 0 aromatic carbocycles. The summed E-state index contributed by atoms with van der Waals surface area (Å²) < 4.78 is 40.0. The summed E-state index contributed by atoms with van der Waals surface area (Å²) >= 11 is 0. The van der Waals surface area contributed by atoms with Crippen LogP contribution in [-0.2, 0) is 38.0 Å². The van der Waals surface area contributed by atoms with Gasteiger partial charge in [0.1, 0.15) is 37.3 Å². The molecule has 0 amide bonds. The number of aliphatic hydroxyl groups is 5. The van der Waals surface area contributed by atoms with Crippen molar-refractivity contribution < 1.29 is 63.5 Å². The van der Waals surface area contributed by atoms with Gasteiger partial charge in [-0.1, -0.05) is 48.6 Å². The maximum Gasteiger partial charge on any atom is 0.330 e. The Morgan fingerprint density at radius 2 is 1.70 bits per heavy atom. The molecule has 0 saturated carbocycles. The third-order valence-electron chi connectivity index (χ3n) is 8.80. The van der Waals surface area contributed by atoms with Crippen LogP contribution in [0.5, 0.6) is 0 Å². The van der Waals surface area contributed by atoms with Crippen LogP contribution in [0.25, 0.3) is 0 Å². The van der Waals surface area contributed by atoms with Crippen LogP contribution in [0, 0.1) is 0 Å². The van der Waals surface area contributed by atoms with Gasteiger partial charge in [-0.3, -0.25) is 5.73 Å². The molecule has 14 atom stereocenters. The number of nitrogens with two attached hydrogens (primary N) is 1. The highest BCUT2D eigenvalue weighted by atomic mass is 16.7. The molecule has 262 valence electrons. The summed E-state index contributed by atoms with van der Waals surface area (Å²) in [6.07, 6.45) is 7.44. The molecule has 4 fully saturated rings. The Morgan fingerprint density at radius 1 is 0.957 bits per heavy atom. The zero-order valence-corrected chi connectivity index (χ0v) is 26.5. The first-order chi connectivity index (χ1) is 22.4. The van der Waals surface area contributed by atoms with Gasteiger partial charge in [0.2, 0.25) is 0 Å². The highest BCUT2D eigenvalue weighted by molar-refractivity contribution is 5.82. The number of aliphatic hydroxyl groups excluding tert-OH is 4. The van der Waals surface area contributed by atoms with E-state index in [-0.39, 0.29) is 37.9 Å². The van der Waals surface area contributed by atoms with Crippen LogP contribution in [0.3, 0.4) is 0 Å². The summed E-state index contributed by atoms with van der Waals surface area (Å²) in [6, 6.07) is 0. The summed E-state index contributed by atoms with van der Waals surface area (Å²) in [6.45, 7) is 2.83. The SMILES string of the molecule is CC1C/C=C/C=C/C=C/C=C/C(OC2OC(C)C3OC3(N)C2O)CC2OC(O)(CC(O)CC3OC3/C=C/C(=O)O1)CC(O)[C@H]2OCO. The van der Waals surface area contributed by atoms with E-state index in [1.165, 1.54) is 6.08 Å². The van der Waals surface area contributed by atoms with Gasteiger partial charge in [0, 0.05) is 38.2 Å². The molecule has 5 heterocycles. The van der Waals surface area contributed by atoms with Gasteiger partial charge in [0.25, 0.3) is 0 Å². The third-order valence-corrected chi connectivity index (χ3v) is 8.80. The topological polar surface area (TPSA) is 215 Å². The number of hydrogen-bond donors (Lipinski definition) is 6. The van der Waals surface area contributed by atoms with E-state index in [4.69, 9.17) is 38.9 Å². The first kappa shape index (κ1) is 36.0. The van der Waals surface area contributed by atoms with Crippen molar-refractivity contribution in [3.8, 4) is 0 Å². The van der Waals surface area contributed by atoms with Gasteiger partial charge in [0.05, 0.1) is 36.6 Å². The minimum Gasteiger partial charge on any atom is -0.459 e. The monoisotopic (exact) mass is 665 g/mol. The summed E-state index contributed by atoms with van der Waals surface area (Å²) in [5, 5.41) is 53.8. The summed E-state index contributed by atoms with van der Waals surface area (Å²) in [5.74, 6) is -2.47. The Balaban J connectivity index is 1.36. The van der Waals surface area contributed by atoms with E-state index in [1.807, 2.05) is 18.2 Å². The molecular formula is C33H47NO13. The molecule has 13 unspecified atom stereocenters. The number of fused-ring (bicyclic) bond motifs is 4. The fraction of sp³-hybridized carbons (Fsp3) is 0.667. The minimum absolute atomic E-state index is 0.0151. The van der Waals surface area contributed by atoms with Gasteiger partial charge >= 0.3 is 5.97 Å². The van der Waals surface area contributed by atoms with Gasteiger partial charge in [-0.05, 0) is 19.9 Å². The minimum atomic E-state index is -1.97. The van der Waals surface area contributed by atoms with Crippen LogP contribution in [0.15, 0.2) is 60.8 Å². The Bertz CT molecular complexity index is 1220. The zero-order chi connectivity index (χ0) is 33.8. The first-order valence-corrected chi connectivity index (χ1v) is 16.1. The molecule has 0 spiro atoms. The lowest BCUT2D eigenvalue weighted by Gasteiger charge is -2.45. The molecule has 0 radical (unpaired) electrons. The van der Waals surface area contributed by atoms with Crippen molar-refractivity contribution in [3.05, 3.63) is 60.8 Å². The molecule has 5 rings (SSSR count). The van der Waals surface area contributed by atoms with Crippen molar-refractivity contribution in [1.29, 1.82) is 0 Å². The maximum absolute atomic E-state index is 12.2. The van der Waals surface area contributed by atoms with E-state index < -0.39 is 85.5 Å². The summed E-state index contributed by atoms with van der Waals surface area (Å²) in [7, 11) is 0. The van der Waals surface area contributed by atoms with E-state index in [0.717, 1.165) is 0 Å². The van der Waals surface area contributed by atoms with Crippen molar-refractivity contribution in [1.82, 2.24) is 0 Å². The third kappa shape index (κ3) is 9.44. The number of ether oxygens (including phenoxy) is 7. The fourth-order valence-electron chi connectivity index (χ4n) is 6.34. The average molecular weight is 666 g/mol. The lowest BCUT2D eigenvalue weighted by Crippen LogP contribution is -2.59. The second kappa shape index (κ2) is 15.5. The number of carbonyl (C=O) groups excluding carboxylic acids is 1. The Labute approximate surface area is 273 Å². The second-order valence-corrected chi connectivity index (χ2v) is 12.7. The Morgan fingerprint density at radius 3 is 2.47 bits per heavy atom. The number of epoxide rings is 2. The normalized spacial score (nSPS) is 49.6. The van der Waals surface area contributed by atoms with Gasteiger partial charge in [0.15, 0.2) is 17.8 Å². The van der Waals surface area contributed by atoms with Gasteiger partial charge in [-0.2, -0.15) is 0 Å². The molecular weight excluding hydrogens is 618 g/mol. The largest absolute Gasteiger partial charge is 0.459 e. The number of rotatable bonds is 4. The molecule has 0 aromatic heterocycles. The number of cyclic esters (lactones) is 1. The smallest absolute Gasteiger partial charge is 0.330 e. The average Bonchev–Trinajstić information content (AvgIpc) is 3.91. The number of esters is 1. The van der Waals surface area contributed by atoms with Crippen LogP contribution < -0.4 is 5.73 Å². The molecule has 5 aliphatic heterocycles. The van der Waals surface area contributed by atoms with E-state index in [9.17, 15) is 30.3 Å². The van der Waals surface area contributed by atoms with Crippen molar-refractivity contribution in [2.45, 2.75) is 131 Å². The summed E-state index contributed by atoms with van der Waals surface area (Å²) in [4.78, 5) is 12.2. The molecule has 5 aliphatic rings. The van der Waals surface area contributed by atoms with Crippen LogP contribution >= 0.6 is 0 Å². The zero-order valence-electron chi connectivity index (χ0n) is 26.5. The molecule has 14 heteroatoms. The lowest BCUT2D eigenvalue weighted by atomic mass is 9.89. The molecule has 2 bridgehead atoms. The summed E-state index contributed by atoms with van der Waals surface area (Å²) in [5.41, 5.74) is 4.90. The molecule has 47 heavy (non-hydrogen) atoms. The number of carbonyl (C=O) groups is 1. The standard InChI is InChI=1S/C33H47NO13/c1-19-10-8-6-4-3-5-7-9-11-22(44-31-29(39)33(34)30(47-33)20(2)43-31)15-26-28(41-18-35)23(37)17-32(40,46-26)16-21(36)14-25-24(45-25)12-13-27(38)42-19/h3-9,11-13,19-26,28-31,35-37,39-40H,10,14-18,34H2,1-2H3/b4-3+,7-5+,8-6+,11-9+,13-12+/t19?,20?,21?,22?,23?,24?,25?,26?,28-,29?,30?,31?,32?,33?/m1/s1. The Hall–Kier alpha value is -2.31.